The summed E-state index contributed by atoms with van der Waals surface area (Å²) in [6, 6.07) is 14.3. The molecule has 6 heteroatoms. The second-order valence-corrected chi connectivity index (χ2v) is 7.30. The molecule has 4 nitrogen and oxygen atoms in total. The molecule has 0 radical (unpaired) electrons. The van der Waals surface area contributed by atoms with Gasteiger partial charge in [-0.3, -0.25) is 15.6 Å². The normalized spacial score (nSPS) is 10.2. The summed E-state index contributed by atoms with van der Waals surface area (Å²) in [5.74, 6) is 1.06. The summed E-state index contributed by atoms with van der Waals surface area (Å²) in [6.07, 6.45) is 0. The summed E-state index contributed by atoms with van der Waals surface area (Å²) < 4.78 is 0. The summed E-state index contributed by atoms with van der Waals surface area (Å²) in [6.45, 7) is 6.17. The average molecular weight is 374 g/mol. The number of anilines is 1. The van der Waals surface area contributed by atoms with Gasteiger partial charge in [0.2, 0.25) is 5.91 Å². The van der Waals surface area contributed by atoms with E-state index in [9.17, 15) is 4.79 Å². The Morgan fingerprint density at radius 3 is 2.56 bits per heavy atom. The Labute approximate surface area is 158 Å². The van der Waals surface area contributed by atoms with Crippen molar-refractivity contribution in [2.75, 3.05) is 11.1 Å². The Morgan fingerprint density at radius 2 is 1.84 bits per heavy atom. The third-order valence-corrected chi connectivity index (χ3v) is 4.87. The third-order valence-electron chi connectivity index (χ3n) is 3.66. The number of carbonyl (C=O) groups excluding carboxylic acids is 1. The molecule has 0 fully saturated rings. The van der Waals surface area contributed by atoms with E-state index in [0.717, 1.165) is 11.4 Å². The van der Waals surface area contributed by atoms with Crippen molar-refractivity contribution in [3.05, 3.63) is 64.7 Å². The number of hydrazine groups is 1. The smallest absolute Gasteiger partial charge is 0.248 e. The number of hydrogen-bond donors (Lipinski definition) is 3. The minimum Gasteiger partial charge on any atom is -0.331 e. The zero-order valence-electron chi connectivity index (χ0n) is 14.7. The zero-order chi connectivity index (χ0) is 18.2. The molecular weight excluding hydrogens is 350 g/mol. The average Bonchev–Trinajstić information content (AvgIpc) is 2.56. The van der Waals surface area contributed by atoms with Crippen LogP contribution in [0.5, 0.6) is 0 Å². The lowest BCUT2D eigenvalue weighted by molar-refractivity contribution is -0.119. The molecule has 0 heterocycles. The van der Waals surface area contributed by atoms with E-state index in [0.29, 0.717) is 10.9 Å². The molecule has 132 valence electrons. The largest absolute Gasteiger partial charge is 0.331 e. The second-order valence-electron chi connectivity index (χ2n) is 5.91. The van der Waals surface area contributed by atoms with Crippen LogP contribution in [0.1, 0.15) is 22.3 Å². The summed E-state index contributed by atoms with van der Waals surface area (Å²) >= 11 is 6.76. The van der Waals surface area contributed by atoms with Gasteiger partial charge in [-0.2, -0.15) is 0 Å². The van der Waals surface area contributed by atoms with E-state index in [2.05, 4.69) is 48.2 Å². The van der Waals surface area contributed by atoms with Gasteiger partial charge in [-0.25, -0.2) is 0 Å². The molecule has 3 N–H and O–H groups in total. The van der Waals surface area contributed by atoms with Crippen LogP contribution < -0.4 is 16.2 Å². The highest BCUT2D eigenvalue weighted by atomic mass is 32.2. The SMILES string of the molecule is Cc1cccc(CSCC(=O)NNC(=S)Nc2ccc(C)c(C)c2)c1. The Hall–Kier alpha value is -2.05. The van der Waals surface area contributed by atoms with Crippen LogP contribution in [0.25, 0.3) is 0 Å². The highest BCUT2D eigenvalue weighted by Crippen LogP contribution is 2.14. The molecule has 0 aromatic heterocycles. The number of thioether (sulfide) groups is 1. The van der Waals surface area contributed by atoms with Gasteiger partial charge >= 0.3 is 0 Å². The van der Waals surface area contributed by atoms with Gasteiger partial charge in [-0.15, -0.1) is 11.8 Å². The van der Waals surface area contributed by atoms with Crippen LogP contribution in [0.2, 0.25) is 0 Å². The molecule has 25 heavy (non-hydrogen) atoms. The van der Waals surface area contributed by atoms with Crippen LogP contribution in [0.4, 0.5) is 5.69 Å². The first-order valence-corrected chi connectivity index (χ1v) is 9.57. The molecular formula is C19H23N3OS2. The fourth-order valence-corrected chi connectivity index (χ4v) is 3.15. The summed E-state index contributed by atoms with van der Waals surface area (Å²) in [7, 11) is 0. The van der Waals surface area contributed by atoms with Crippen molar-refractivity contribution in [2.24, 2.45) is 0 Å². The third kappa shape index (κ3) is 6.76. The lowest BCUT2D eigenvalue weighted by atomic mass is 10.1. The van der Waals surface area contributed by atoms with E-state index in [1.54, 1.807) is 11.8 Å². The van der Waals surface area contributed by atoms with Crippen molar-refractivity contribution in [1.29, 1.82) is 0 Å². The highest BCUT2D eigenvalue weighted by Gasteiger charge is 2.04. The maximum absolute atomic E-state index is 11.9. The standard InChI is InChI=1S/C19H23N3OS2/c1-13-5-4-6-16(9-13)11-25-12-18(23)21-22-19(24)20-17-8-7-14(2)15(3)10-17/h4-10H,11-12H2,1-3H3,(H,21,23)(H2,20,22,24). The Bertz CT molecular complexity index is 762. The van der Waals surface area contributed by atoms with Gasteiger partial charge in [0, 0.05) is 11.4 Å². The molecule has 2 rings (SSSR count). The Kier molecular flexibility index (Phi) is 7.28. The number of thiocarbonyl (C=S) groups is 1. The molecule has 0 saturated heterocycles. The number of benzene rings is 2. The highest BCUT2D eigenvalue weighted by molar-refractivity contribution is 7.99. The zero-order valence-corrected chi connectivity index (χ0v) is 16.3. The number of nitrogens with one attached hydrogen (secondary N) is 3. The van der Waals surface area contributed by atoms with Crippen molar-refractivity contribution in [2.45, 2.75) is 26.5 Å². The van der Waals surface area contributed by atoms with E-state index in [4.69, 9.17) is 12.2 Å². The molecule has 0 aliphatic rings. The van der Waals surface area contributed by atoms with Crippen molar-refractivity contribution >= 4 is 40.7 Å². The lowest BCUT2D eigenvalue weighted by Crippen LogP contribution is -2.44. The lowest BCUT2D eigenvalue weighted by Gasteiger charge is -2.12. The number of amides is 1. The molecule has 0 saturated carbocycles. The molecule has 0 atom stereocenters. The van der Waals surface area contributed by atoms with Crippen molar-refractivity contribution in [3.8, 4) is 0 Å². The van der Waals surface area contributed by atoms with Crippen LogP contribution >= 0.6 is 24.0 Å². The molecule has 1 amide bonds. The molecule has 2 aromatic rings. The summed E-state index contributed by atoms with van der Waals surface area (Å²) in [4.78, 5) is 11.9. The van der Waals surface area contributed by atoms with E-state index in [1.807, 2.05) is 31.2 Å². The van der Waals surface area contributed by atoms with Crippen LogP contribution in [-0.2, 0) is 10.5 Å². The molecule has 0 bridgehead atoms. The first-order valence-electron chi connectivity index (χ1n) is 8.00. The van der Waals surface area contributed by atoms with Crippen molar-refractivity contribution < 1.29 is 4.79 Å². The topological polar surface area (TPSA) is 53.2 Å². The molecule has 0 unspecified atom stereocenters. The molecule has 0 aliphatic heterocycles. The van der Waals surface area contributed by atoms with Crippen LogP contribution in [0, 0.1) is 20.8 Å². The first-order chi connectivity index (χ1) is 11.9. The van der Waals surface area contributed by atoms with Gasteiger partial charge in [0.05, 0.1) is 5.75 Å². The number of rotatable bonds is 5. The fraction of sp³-hybridized carbons (Fsp3) is 0.263. The van der Waals surface area contributed by atoms with Gasteiger partial charge in [0.25, 0.3) is 0 Å². The van der Waals surface area contributed by atoms with Crippen LogP contribution in [-0.4, -0.2) is 16.8 Å². The predicted octanol–water partition coefficient (Wildman–Crippen LogP) is 3.86. The summed E-state index contributed by atoms with van der Waals surface area (Å²) in [5, 5.41) is 3.41. The number of hydrogen-bond acceptors (Lipinski definition) is 3. The fourth-order valence-electron chi connectivity index (χ4n) is 2.21. The molecule has 0 spiro atoms. The summed E-state index contributed by atoms with van der Waals surface area (Å²) in [5.41, 5.74) is 11.1. The van der Waals surface area contributed by atoms with Gasteiger partial charge < -0.3 is 5.32 Å². The quantitative estimate of drug-likeness (QED) is 0.549. The first kappa shape index (κ1) is 19.3. The van der Waals surface area contributed by atoms with Crippen LogP contribution in [0.15, 0.2) is 42.5 Å². The number of carbonyl (C=O) groups is 1. The maximum atomic E-state index is 11.9. The van der Waals surface area contributed by atoms with E-state index >= 15 is 0 Å². The van der Waals surface area contributed by atoms with Gasteiger partial charge in [0.15, 0.2) is 5.11 Å². The molecule has 2 aromatic carbocycles. The van der Waals surface area contributed by atoms with Gasteiger partial charge in [0.1, 0.15) is 0 Å². The van der Waals surface area contributed by atoms with Gasteiger partial charge in [-0.1, -0.05) is 35.9 Å². The minimum atomic E-state index is -0.109. The predicted molar refractivity (Wildman–Crippen MR) is 111 cm³/mol. The van der Waals surface area contributed by atoms with E-state index in [-0.39, 0.29) is 5.91 Å². The maximum Gasteiger partial charge on any atom is 0.248 e. The Morgan fingerprint density at radius 1 is 1.04 bits per heavy atom. The van der Waals surface area contributed by atoms with Crippen molar-refractivity contribution in [1.82, 2.24) is 10.9 Å². The number of aryl methyl sites for hydroxylation is 3. The second kappa shape index (κ2) is 9.44. The monoisotopic (exact) mass is 373 g/mol. The van der Waals surface area contributed by atoms with Crippen molar-refractivity contribution in [3.63, 3.8) is 0 Å². The Balaban J connectivity index is 1.68. The van der Waals surface area contributed by atoms with Crippen LogP contribution in [0.3, 0.4) is 0 Å². The van der Waals surface area contributed by atoms with E-state index < -0.39 is 0 Å². The van der Waals surface area contributed by atoms with E-state index in [1.165, 1.54) is 22.3 Å². The minimum absolute atomic E-state index is 0.109. The molecule has 0 aliphatic carbocycles. The van der Waals surface area contributed by atoms with Gasteiger partial charge in [-0.05, 0) is 61.8 Å².